The molecular weight excluding hydrogens is 372 g/mol. The number of pyridine rings is 1. The lowest BCUT2D eigenvalue weighted by Crippen LogP contribution is -2.18. The molecule has 0 aliphatic carbocycles. The Hall–Kier alpha value is -2.93. The van der Waals surface area contributed by atoms with Crippen LogP contribution in [-0.4, -0.2) is 35.6 Å². The van der Waals surface area contributed by atoms with Crippen molar-refractivity contribution < 1.29 is 9.53 Å². The van der Waals surface area contributed by atoms with E-state index in [2.05, 4.69) is 20.2 Å². The van der Waals surface area contributed by atoms with E-state index in [4.69, 9.17) is 4.74 Å². The van der Waals surface area contributed by atoms with Gasteiger partial charge in [0.1, 0.15) is 22.3 Å². The standard InChI is InChI=1S/C21H22N4O2S/c1-2-27-18-8-4-3-7-16(18)23-20(26)17-14-28-21(24-17)15-9-10-19(22-13-15)25-11-5-6-12-25/h3-4,7-10,13-14H,2,5-6,11-12H2,1H3,(H,23,26). The molecule has 1 saturated heterocycles. The van der Waals surface area contributed by atoms with Gasteiger partial charge in [0.15, 0.2) is 0 Å². The number of carbonyl (C=O) groups excluding carboxylic acids is 1. The van der Waals surface area contributed by atoms with Crippen molar-refractivity contribution in [1.82, 2.24) is 9.97 Å². The number of nitrogens with one attached hydrogen (secondary N) is 1. The summed E-state index contributed by atoms with van der Waals surface area (Å²) in [7, 11) is 0. The van der Waals surface area contributed by atoms with Crippen LogP contribution < -0.4 is 15.0 Å². The van der Waals surface area contributed by atoms with E-state index in [9.17, 15) is 4.79 Å². The van der Waals surface area contributed by atoms with Crippen LogP contribution in [0.3, 0.4) is 0 Å². The van der Waals surface area contributed by atoms with Gasteiger partial charge in [0, 0.05) is 30.2 Å². The van der Waals surface area contributed by atoms with Crippen LogP contribution in [0.1, 0.15) is 30.3 Å². The SMILES string of the molecule is CCOc1ccccc1NC(=O)c1csc(-c2ccc(N3CCCC3)nc2)n1. The van der Waals surface area contributed by atoms with Crippen LogP contribution in [0.25, 0.3) is 10.6 Å². The van der Waals surface area contributed by atoms with Crippen LogP contribution in [0.2, 0.25) is 0 Å². The van der Waals surface area contributed by atoms with Crippen LogP contribution in [0.15, 0.2) is 48.0 Å². The number of nitrogens with zero attached hydrogens (tertiary/aromatic N) is 3. The van der Waals surface area contributed by atoms with Gasteiger partial charge in [-0.15, -0.1) is 11.3 Å². The molecule has 1 aliphatic heterocycles. The Bertz CT molecular complexity index is 949. The number of para-hydroxylation sites is 2. The van der Waals surface area contributed by atoms with E-state index in [1.807, 2.05) is 49.5 Å². The minimum absolute atomic E-state index is 0.253. The number of rotatable bonds is 6. The van der Waals surface area contributed by atoms with Gasteiger partial charge < -0.3 is 15.0 Å². The maximum Gasteiger partial charge on any atom is 0.275 e. The first kappa shape index (κ1) is 18.4. The van der Waals surface area contributed by atoms with Crippen molar-refractivity contribution in [2.45, 2.75) is 19.8 Å². The minimum atomic E-state index is -0.253. The highest BCUT2D eigenvalue weighted by Crippen LogP contribution is 2.27. The van der Waals surface area contributed by atoms with Gasteiger partial charge in [-0.2, -0.15) is 0 Å². The molecule has 2 aromatic heterocycles. The van der Waals surface area contributed by atoms with Gasteiger partial charge in [-0.3, -0.25) is 4.79 Å². The number of ether oxygens (including phenoxy) is 1. The average molecular weight is 395 g/mol. The first-order valence-electron chi connectivity index (χ1n) is 9.44. The first-order chi connectivity index (χ1) is 13.7. The molecule has 7 heteroatoms. The van der Waals surface area contributed by atoms with Crippen LogP contribution >= 0.6 is 11.3 Å². The van der Waals surface area contributed by atoms with Gasteiger partial charge >= 0.3 is 0 Å². The molecule has 4 rings (SSSR count). The van der Waals surface area contributed by atoms with E-state index in [1.54, 1.807) is 5.38 Å². The summed E-state index contributed by atoms with van der Waals surface area (Å²) in [6.45, 7) is 4.58. The Morgan fingerprint density at radius 1 is 1.21 bits per heavy atom. The number of amides is 1. The second-order valence-corrected chi connectivity index (χ2v) is 7.38. The number of hydrogen-bond acceptors (Lipinski definition) is 6. The number of carbonyl (C=O) groups is 1. The molecule has 144 valence electrons. The van der Waals surface area contributed by atoms with Crippen LogP contribution in [0.5, 0.6) is 5.75 Å². The van der Waals surface area contributed by atoms with E-state index >= 15 is 0 Å². The predicted molar refractivity (Wildman–Crippen MR) is 112 cm³/mol. The second kappa shape index (κ2) is 8.39. The zero-order valence-electron chi connectivity index (χ0n) is 15.7. The predicted octanol–water partition coefficient (Wildman–Crippen LogP) is 4.46. The van der Waals surface area contributed by atoms with E-state index < -0.39 is 0 Å². The van der Waals surface area contributed by atoms with Gasteiger partial charge in [0.05, 0.1) is 12.3 Å². The summed E-state index contributed by atoms with van der Waals surface area (Å²) < 4.78 is 5.56. The lowest BCUT2D eigenvalue weighted by Gasteiger charge is -2.15. The number of anilines is 2. The highest BCUT2D eigenvalue weighted by atomic mass is 32.1. The minimum Gasteiger partial charge on any atom is -0.492 e. The molecule has 0 spiro atoms. The van der Waals surface area contributed by atoms with Crippen molar-refractivity contribution in [1.29, 1.82) is 0 Å². The van der Waals surface area contributed by atoms with Gasteiger partial charge in [-0.25, -0.2) is 9.97 Å². The number of benzene rings is 1. The fourth-order valence-corrected chi connectivity index (χ4v) is 3.98. The van der Waals surface area contributed by atoms with Crippen molar-refractivity contribution in [2.75, 3.05) is 29.9 Å². The van der Waals surface area contributed by atoms with Crippen LogP contribution in [0.4, 0.5) is 11.5 Å². The molecule has 0 radical (unpaired) electrons. The van der Waals surface area contributed by atoms with E-state index in [1.165, 1.54) is 24.2 Å². The number of aromatic nitrogens is 2. The third-order valence-corrected chi connectivity index (χ3v) is 5.49. The highest BCUT2D eigenvalue weighted by molar-refractivity contribution is 7.13. The Labute approximate surface area is 168 Å². The molecule has 1 fully saturated rings. The topological polar surface area (TPSA) is 67.3 Å². The quantitative estimate of drug-likeness (QED) is 0.669. The molecule has 3 heterocycles. The summed E-state index contributed by atoms with van der Waals surface area (Å²) in [5.41, 5.74) is 1.94. The summed E-state index contributed by atoms with van der Waals surface area (Å²) in [5, 5.41) is 5.43. The van der Waals surface area contributed by atoms with E-state index in [0.29, 0.717) is 23.7 Å². The molecule has 6 nitrogen and oxygen atoms in total. The molecule has 1 amide bonds. The molecular formula is C21H22N4O2S. The molecule has 0 saturated carbocycles. The number of thiazole rings is 1. The Balaban J connectivity index is 1.47. The monoisotopic (exact) mass is 394 g/mol. The third kappa shape index (κ3) is 3.99. The largest absolute Gasteiger partial charge is 0.492 e. The summed E-state index contributed by atoms with van der Waals surface area (Å²) in [6, 6.07) is 11.4. The molecule has 28 heavy (non-hydrogen) atoms. The number of hydrogen-bond donors (Lipinski definition) is 1. The summed E-state index contributed by atoms with van der Waals surface area (Å²) in [6.07, 6.45) is 4.28. The first-order valence-corrected chi connectivity index (χ1v) is 10.3. The maximum absolute atomic E-state index is 12.6. The summed E-state index contributed by atoms with van der Waals surface area (Å²) in [5.74, 6) is 1.40. The molecule has 1 N–H and O–H groups in total. The lowest BCUT2D eigenvalue weighted by molar-refractivity contribution is 0.102. The summed E-state index contributed by atoms with van der Waals surface area (Å²) in [4.78, 5) is 23.9. The second-order valence-electron chi connectivity index (χ2n) is 6.52. The third-order valence-electron chi connectivity index (χ3n) is 4.60. The van der Waals surface area contributed by atoms with Gasteiger partial charge in [-0.05, 0) is 44.0 Å². The van der Waals surface area contributed by atoms with Crippen molar-refractivity contribution in [3.63, 3.8) is 0 Å². The molecule has 0 unspecified atom stereocenters. The van der Waals surface area contributed by atoms with Gasteiger partial charge in [0.25, 0.3) is 5.91 Å². The molecule has 3 aromatic rings. The Morgan fingerprint density at radius 3 is 2.79 bits per heavy atom. The fourth-order valence-electron chi connectivity index (χ4n) is 3.19. The maximum atomic E-state index is 12.6. The van der Waals surface area contributed by atoms with Crippen molar-refractivity contribution >= 4 is 28.7 Å². The smallest absolute Gasteiger partial charge is 0.275 e. The molecule has 0 bridgehead atoms. The van der Waals surface area contributed by atoms with Crippen LogP contribution in [-0.2, 0) is 0 Å². The van der Waals surface area contributed by atoms with E-state index in [0.717, 1.165) is 29.5 Å². The van der Waals surface area contributed by atoms with Crippen LogP contribution in [0, 0.1) is 0 Å². The average Bonchev–Trinajstić information content (AvgIpc) is 3.42. The summed E-state index contributed by atoms with van der Waals surface area (Å²) >= 11 is 1.44. The molecule has 1 aromatic carbocycles. The van der Waals surface area contributed by atoms with Crippen molar-refractivity contribution in [3.05, 3.63) is 53.7 Å². The molecule has 1 aliphatic rings. The van der Waals surface area contributed by atoms with Gasteiger partial charge in [-0.1, -0.05) is 12.1 Å². The zero-order chi connectivity index (χ0) is 19.3. The normalized spacial score (nSPS) is 13.5. The fraction of sp³-hybridized carbons (Fsp3) is 0.286. The van der Waals surface area contributed by atoms with Gasteiger partial charge in [0.2, 0.25) is 0 Å². The Kier molecular flexibility index (Phi) is 5.53. The van der Waals surface area contributed by atoms with Crippen molar-refractivity contribution in [2.24, 2.45) is 0 Å². The molecule has 0 atom stereocenters. The Morgan fingerprint density at radius 2 is 2.04 bits per heavy atom. The van der Waals surface area contributed by atoms with Crippen molar-refractivity contribution in [3.8, 4) is 16.3 Å². The highest BCUT2D eigenvalue weighted by Gasteiger charge is 2.16. The van der Waals surface area contributed by atoms with E-state index in [-0.39, 0.29) is 5.91 Å². The zero-order valence-corrected chi connectivity index (χ0v) is 16.5. The lowest BCUT2D eigenvalue weighted by atomic mass is 10.2.